The highest BCUT2D eigenvalue weighted by atomic mass is 79.9. The van der Waals surface area contributed by atoms with E-state index in [2.05, 4.69) is 20.7 Å². The van der Waals surface area contributed by atoms with Gasteiger partial charge in [0.1, 0.15) is 0 Å². The van der Waals surface area contributed by atoms with Crippen LogP contribution in [0.15, 0.2) is 27.6 Å². The van der Waals surface area contributed by atoms with Gasteiger partial charge in [0.2, 0.25) is 10.0 Å². The standard InChI is InChI=1S/C13H20BrN3O2S.ClH/c1-17(2)10-5-6-11(14)13(7-10)20(18,19)16-8-12(15)9-3-4-9;/h5-7,9,12,16H,3-4,8,15H2,1-2H3;1H. The van der Waals surface area contributed by atoms with Crippen molar-refractivity contribution in [2.75, 3.05) is 25.5 Å². The van der Waals surface area contributed by atoms with E-state index < -0.39 is 10.0 Å². The molecule has 0 aliphatic heterocycles. The Morgan fingerprint density at radius 2 is 2.05 bits per heavy atom. The van der Waals surface area contributed by atoms with Gasteiger partial charge in [0, 0.05) is 36.8 Å². The predicted molar refractivity (Wildman–Crippen MR) is 91.6 cm³/mol. The summed E-state index contributed by atoms with van der Waals surface area (Å²) in [4.78, 5) is 2.10. The van der Waals surface area contributed by atoms with Gasteiger partial charge < -0.3 is 10.6 Å². The van der Waals surface area contributed by atoms with Crippen molar-refractivity contribution in [1.29, 1.82) is 0 Å². The quantitative estimate of drug-likeness (QED) is 0.768. The molecule has 1 aliphatic carbocycles. The number of anilines is 1. The number of hydrogen-bond acceptors (Lipinski definition) is 4. The lowest BCUT2D eigenvalue weighted by molar-refractivity contribution is 0.547. The van der Waals surface area contributed by atoms with E-state index in [1.54, 1.807) is 12.1 Å². The van der Waals surface area contributed by atoms with Gasteiger partial charge in [0.15, 0.2) is 0 Å². The zero-order valence-corrected chi connectivity index (χ0v) is 15.3. The van der Waals surface area contributed by atoms with Gasteiger partial charge in [-0.2, -0.15) is 0 Å². The highest BCUT2D eigenvalue weighted by Crippen LogP contribution is 2.31. The fourth-order valence-electron chi connectivity index (χ4n) is 1.95. The highest BCUT2D eigenvalue weighted by Gasteiger charge is 2.29. The maximum absolute atomic E-state index is 12.4. The van der Waals surface area contributed by atoms with E-state index in [4.69, 9.17) is 5.73 Å². The van der Waals surface area contributed by atoms with Gasteiger partial charge in [0.25, 0.3) is 0 Å². The molecular formula is C13H21BrClN3O2S. The van der Waals surface area contributed by atoms with Crippen LogP contribution >= 0.6 is 28.3 Å². The summed E-state index contributed by atoms with van der Waals surface area (Å²) in [5.41, 5.74) is 6.77. The SMILES string of the molecule is CN(C)c1ccc(Br)c(S(=O)(=O)NCC(N)C2CC2)c1.Cl. The molecule has 1 saturated carbocycles. The minimum absolute atomic E-state index is 0. The summed E-state index contributed by atoms with van der Waals surface area (Å²) < 4.78 is 27.9. The van der Waals surface area contributed by atoms with Crippen LogP contribution in [0.2, 0.25) is 0 Å². The molecule has 2 rings (SSSR count). The number of sulfonamides is 1. The maximum Gasteiger partial charge on any atom is 0.241 e. The largest absolute Gasteiger partial charge is 0.378 e. The fourth-order valence-corrected chi connectivity index (χ4v) is 4.00. The van der Waals surface area contributed by atoms with Crippen LogP contribution in [0.25, 0.3) is 0 Å². The summed E-state index contributed by atoms with van der Waals surface area (Å²) in [6, 6.07) is 5.15. The maximum atomic E-state index is 12.4. The van der Waals surface area contributed by atoms with Crippen molar-refractivity contribution < 1.29 is 8.42 Å². The monoisotopic (exact) mass is 397 g/mol. The molecule has 1 unspecified atom stereocenters. The second kappa shape index (κ2) is 7.28. The molecule has 0 bridgehead atoms. The second-order valence-corrected chi connectivity index (χ2v) is 7.95. The number of benzene rings is 1. The summed E-state index contributed by atoms with van der Waals surface area (Å²) in [6.07, 6.45) is 2.20. The smallest absolute Gasteiger partial charge is 0.241 e. The van der Waals surface area contributed by atoms with E-state index >= 15 is 0 Å². The summed E-state index contributed by atoms with van der Waals surface area (Å²) in [7, 11) is 0.191. The zero-order valence-electron chi connectivity index (χ0n) is 12.0. The van der Waals surface area contributed by atoms with Gasteiger partial charge in [-0.3, -0.25) is 0 Å². The summed E-state index contributed by atoms with van der Waals surface area (Å²) >= 11 is 3.29. The van der Waals surface area contributed by atoms with Gasteiger partial charge in [-0.05, 0) is 52.9 Å². The molecule has 0 saturated heterocycles. The van der Waals surface area contributed by atoms with Crippen molar-refractivity contribution in [3.05, 3.63) is 22.7 Å². The lowest BCUT2D eigenvalue weighted by Crippen LogP contribution is -2.38. The second-order valence-electron chi connectivity index (χ2n) is 5.36. The first kappa shape index (κ1) is 18.7. The summed E-state index contributed by atoms with van der Waals surface area (Å²) in [5, 5.41) is 0. The van der Waals surface area contributed by atoms with Crippen LogP contribution < -0.4 is 15.4 Å². The first-order valence-electron chi connectivity index (χ1n) is 6.53. The normalized spacial score (nSPS) is 16.2. The Balaban J connectivity index is 0.00000220. The summed E-state index contributed by atoms with van der Waals surface area (Å²) in [6.45, 7) is 0.283. The van der Waals surface area contributed by atoms with Gasteiger partial charge >= 0.3 is 0 Å². The van der Waals surface area contributed by atoms with Crippen LogP contribution in [0.5, 0.6) is 0 Å². The number of nitrogens with two attached hydrogens (primary N) is 1. The van der Waals surface area contributed by atoms with Crippen molar-refractivity contribution in [2.45, 2.75) is 23.8 Å². The molecule has 0 amide bonds. The minimum Gasteiger partial charge on any atom is -0.378 e. The number of nitrogens with one attached hydrogen (secondary N) is 1. The van der Waals surface area contributed by atoms with Gasteiger partial charge in [0.05, 0.1) is 4.90 Å². The molecule has 0 aromatic heterocycles. The Bertz CT molecular complexity index is 591. The van der Waals surface area contributed by atoms with E-state index in [0.717, 1.165) is 18.5 Å². The Kier molecular flexibility index (Phi) is 6.49. The van der Waals surface area contributed by atoms with Crippen LogP contribution in [-0.4, -0.2) is 35.1 Å². The van der Waals surface area contributed by atoms with Gasteiger partial charge in [-0.15, -0.1) is 12.4 Å². The topological polar surface area (TPSA) is 75.4 Å². The molecule has 3 N–H and O–H groups in total. The van der Waals surface area contributed by atoms with E-state index in [0.29, 0.717) is 10.4 Å². The zero-order chi connectivity index (χ0) is 14.9. The average molecular weight is 399 g/mol. The molecule has 1 atom stereocenters. The lowest BCUT2D eigenvalue weighted by Gasteiger charge is -2.16. The lowest BCUT2D eigenvalue weighted by atomic mass is 10.2. The van der Waals surface area contributed by atoms with E-state index in [9.17, 15) is 8.42 Å². The Hall–Kier alpha value is -0.340. The van der Waals surface area contributed by atoms with Crippen LogP contribution in [0.3, 0.4) is 0 Å². The molecule has 8 heteroatoms. The number of nitrogens with zero attached hydrogens (tertiary/aromatic N) is 1. The van der Waals surface area contributed by atoms with Gasteiger partial charge in [-0.25, -0.2) is 13.1 Å². The van der Waals surface area contributed by atoms with E-state index in [-0.39, 0.29) is 29.9 Å². The van der Waals surface area contributed by atoms with Crippen molar-refractivity contribution in [2.24, 2.45) is 11.7 Å². The molecule has 0 heterocycles. The number of hydrogen-bond donors (Lipinski definition) is 2. The number of rotatable bonds is 6. The minimum atomic E-state index is -3.55. The molecule has 120 valence electrons. The third-order valence-corrected chi connectivity index (χ3v) is 5.87. The van der Waals surface area contributed by atoms with Gasteiger partial charge in [-0.1, -0.05) is 0 Å². The molecule has 1 fully saturated rings. The molecule has 0 spiro atoms. The molecule has 5 nitrogen and oxygen atoms in total. The Morgan fingerprint density at radius 3 is 2.57 bits per heavy atom. The van der Waals surface area contributed by atoms with Crippen molar-refractivity contribution in [3.8, 4) is 0 Å². The molecule has 21 heavy (non-hydrogen) atoms. The molecule has 1 aromatic carbocycles. The third-order valence-electron chi connectivity index (χ3n) is 3.46. The Morgan fingerprint density at radius 1 is 1.43 bits per heavy atom. The third kappa shape index (κ3) is 4.82. The molecule has 1 aromatic rings. The van der Waals surface area contributed by atoms with Crippen LogP contribution in [0.4, 0.5) is 5.69 Å². The molecular weight excluding hydrogens is 378 g/mol. The molecule has 1 aliphatic rings. The number of halogens is 2. The van der Waals surface area contributed by atoms with Crippen LogP contribution in [-0.2, 0) is 10.0 Å². The molecule has 0 radical (unpaired) electrons. The van der Waals surface area contributed by atoms with Crippen molar-refractivity contribution in [1.82, 2.24) is 4.72 Å². The summed E-state index contributed by atoms with van der Waals surface area (Å²) in [5.74, 6) is 0.467. The Labute approximate surface area is 140 Å². The van der Waals surface area contributed by atoms with Crippen LogP contribution in [0, 0.1) is 5.92 Å². The van der Waals surface area contributed by atoms with E-state index in [1.165, 1.54) is 0 Å². The highest BCUT2D eigenvalue weighted by molar-refractivity contribution is 9.10. The fraction of sp³-hybridized carbons (Fsp3) is 0.538. The predicted octanol–water partition coefficient (Wildman–Crippen LogP) is 1.95. The van der Waals surface area contributed by atoms with Crippen molar-refractivity contribution in [3.63, 3.8) is 0 Å². The van der Waals surface area contributed by atoms with E-state index in [1.807, 2.05) is 25.1 Å². The first-order chi connectivity index (χ1) is 9.31. The van der Waals surface area contributed by atoms with Crippen molar-refractivity contribution >= 4 is 44.0 Å². The first-order valence-corrected chi connectivity index (χ1v) is 8.81. The average Bonchev–Trinajstić information content (AvgIpc) is 3.20. The van der Waals surface area contributed by atoms with Crippen LogP contribution in [0.1, 0.15) is 12.8 Å².